The van der Waals surface area contributed by atoms with E-state index in [1.165, 1.54) is 18.4 Å². The average Bonchev–Trinajstić information content (AvgIpc) is 3.02. The number of rotatable bonds is 6. The van der Waals surface area contributed by atoms with Crippen LogP contribution in [0.3, 0.4) is 0 Å². The van der Waals surface area contributed by atoms with E-state index in [4.69, 9.17) is 11.6 Å². The van der Waals surface area contributed by atoms with Crippen LogP contribution in [0.1, 0.15) is 24.8 Å². The third-order valence-corrected chi connectivity index (χ3v) is 4.04. The quantitative estimate of drug-likeness (QED) is 0.785. The first-order chi connectivity index (χ1) is 7.74. The van der Waals surface area contributed by atoms with Crippen LogP contribution in [0.2, 0.25) is 0 Å². The van der Waals surface area contributed by atoms with Crippen molar-refractivity contribution in [1.29, 1.82) is 0 Å². The van der Waals surface area contributed by atoms with Crippen LogP contribution in [0.5, 0.6) is 0 Å². The van der Waals surface area contributed by atoms with Gasteiger partial charge in [0.2, 0.25) is 0 Å². The molecule has 0 heterocycles. The smallest absolute Gasteiger partial charge is 0.0229 e. The summed E-state index contributed by atoms with van der Waals surface area (Å²) in [6.45, 7) is 2.06. The first kappa shape index (κ1) is 12.4. The summed E-state index contributed by atoms with van der Waals surface area (Å²) >= 11 is 9.25. The standard InChI is InChI=1S/C13H17BrClN/c14-12-3-1-11(2-4-12)9-16-10-13(5-6-13)7-8-15/h1-4,16H,5-10H2. The zero-order valence-corrected chi connectivity index (χ0v) is 11.6. The second kappa shape index (κ2) is 5.52. The highest BCUT2D eigenvalue weighted by molar-refractivity contribution is 9.10. The van der Waals surface area contributed by atoms with Gasteiger partial charge in [0.15, 0.2) is 0 Å². The summed E-state index contributed by atoms with van der Waals surface area (Å²) in [7, 11) is 0. The fourth-order valence-corrected chi connectivity index (χ4v) is 2.63. The molecule has 2 rings (SSSR count). The van der Waals surface area contributed by atoms with Crippen molar-refractivity contribution in [2.24, 2.45) is 5.41 Å². The largest absolute Gasteiger partial charge is 0.312 e. The van der Waals surface area contributed by atoms with Crippen LogP contribution in [0, 0.1) is 5.41 Å². The van der Waals surface area contributed by atoms with Gasteiger partial charge in [0.25, 0.3) is 0 Å². The molecule has 88 valence electrons. The van der Waals surface area contributed by atoms with Crippen LogP contribution in [-0.2, 0) is 6.54 Å². The molecule has 0 radical (unpaired) electrons. The molecule has 0 amide bonds. The van der Waals surface area contributed by atoms with Gasteiger partial charge in [-0.25, -0.2) is 0 Å². The lowest BCUT2D eigenvalue weighted by Crippen LogP contribution is -2.23. The van der Waals surface area contributed by atoms with Gasteiger partial charge in [0.05, 0.1) is 0 Å². The zero-order chi connectivity index (χ0) is 11.4. The number of hydrogen-bond donors (Lipinski definition) is 1. The Balaban J connectivity index is 1.74. The summed E-state index contributed by atoms with van der Waals surface area (Å²) in [5, 5.41) is 3.53. The molecule has 1 aliphatic rings. The molecule has 1 N–H and O–H groups in total. The van der Waals surface area contributed by atoms with Gasteiger partial charge in [-0.15, -0.1) is 11.6 Å². The van der Waals surface area contributed by atoms with E-state index in [1.54, 1.807) is 0 Å². The Morgan fingerprint density at radius 3 is 2.50 bits per heavy atom. The predicted molar refractivity (Wildman–Crippen MR) is 72.9 cm³/mol. The van der Waals surface area contributed by atoms with E-state index in [0.717, 1.165) is 29.9 Å². The highest BCUT2D eigenvalue weighted by Gasteiger charge is 2.40. The molecule has 0 aromatic heterocycles. The van der Waals surface area contributed by atoms with Crippen molar-refractivity contribution in [2.75, 3.05) is 12.4 Å². The summed E-state index contributed by atoms with van der Waals surface area (Å²) in [5.41, 5.74) is 1.86. The number of halogens is 2. The Labute approximate surface area is 111 Å². The maximum atomic E-state index is 5.81. The molecule has 1 aromatic carbocycles. The van der Waals surface area contributed by atoms with Crippen LogP contribution in [0.4, 0.5) is 0 Å². The molecule has 1 fully saturated rings. The molecular weight excluding hydrogens is 286 g/mol. The average molecular weight is 303 g/mol. The Kier molecular flexibility index (Phi) is 4.28. The number of hydrogen-bond acceptors (Lipinski definition) is 1. The number of benzene rings is 1. The van der Waals surface area contributed by atoms with E-state index in [9.17, 15) is 0 Å². The molecule has 16 heavy (non-hydrogen) atoms. The van der Waals surface area contributed by atoms with Crippen LogP contribution in [-0.4, -0.2) is 12.4 Å². The van der Waals surface area contributed by atoms with Crippen molar-refractivity contribution < 1.29 is 0 Å². The van der Waals surface area contributed by atoms with Gasteiger partial charge in [-0.1, -0.05) is 28.1 Å². The van der Waals surface area contributed by atoms with Crippen LogP contribution in [0.25, 0.3) is 0 Å². The first-order valence-electron chi connectivity index (χ1n) is 5.75. The van der Waals surface area contributed by atoms with Gasteiger partial charge >= 0.3 is 0 Å². The van der Waals surface area contributed by atoms with E-state index in [-0.39, 0.29) is 0 Å². The monoisotopic (exact) mass is 301 g/mol. The number of alkyl halides is 1. The summed E-state index contributed by atoms with van der Waals surface area (Å²) in [4.78, 5) is 0. The van der Waals surface area contributed by atoms with Crippen LogP contribution < -0.4 is 5.32 Å². The molecule has 0 bridgehead atoms. The Morgan fingerprint density at radius 2 is 1.94 bits per heavy atom. The summed E-state index contributed by atoms with van der Waals surface area (Å²) < 4.78 is 1.14. The van der Waals surface area contributed by atoms with Crippen molar-refractivity contribution in [3.05, 3.63) is 34.3 Å². The predicted octanol–water partition coefficient (Wildman–Crippen LogP) is 3.95. The number of nitrogens with one attached hydrogen (secondary N) is 1. The molecule has 3 heteroatoms. The van der Waals surface area contributed by atoms with Crippen molar-refractivity contribution >= 4 is 27.5 Å². The van der Waals surface area contributed by atoms with Gasteiger partial charge < -0.3 is 5.32 Å². The van der Waals surface area contributed by atoms with Crippen molar-refractivity contribution in [2.45, 2.75) is 25.8 Å². The van der Waals surface area contributed by atoms with Crippen molar-refractivity contribution in [3.8, 4) is 0 Å². The van der Waals surface area contributed by atoms with Crippen LogP contribution >= 0.6 is 27.5 Å². The molecule has 0 atom stereocenters. The van der Waals surface area contributed by atoms with E-state index >= 15 is 0 Å². The first-order valence-corrected chi connectivity index (χ1v) is 7.08. The molecule has 1 aliphatic carbocycles. The molecule has 1 saturated carbocycles. The molecule has 0 spiro atoms. The fourth-order valence-electron chi connectivity index (χ4n) is 1.97. The molecule has 1 nitrogen and oxygen atoms in total. The van der Waals surface area contributed by atoms with Gasteiger partial charge in [-0.05, 0) is 42.4 Å². The molecule has 0 saturated heterocycles. The Morgan fingerprint density at radius 1 is 1.25 bits per heavy atom. The molecule has 1 aromatic rings. The molecule has 0 unspecified atom stereocenters. The molecular formula is C13H17BrClN. The lowest BCUT2D eigenvalue weighted by Gasteiger charge is -2.14. The van der Waals surface area contributed by atoms with Gasteiger partial charge in [-0.3, -0.25) is 0 Å². The van der Waals surface area contributed by atoms with E-state index in [1.807, 2.05) is 0 Å². The topological polar surface area (TPSA) is 12.0 Å². The summed E-state index contributed by atoms with van der Waals surface area (Å²) in [5.74, 6) is 0.792. The third-order valence-electron chi connectivity index (χ3n) is 3.32. The second-order valence-electron chi connectivity index (χ2n) is 4.67. The third kappa shape index (κ3) is 3.47. The molecule has 0 aliphatic heterocycles. The van der Waals surface area contributed by atoms with E-state index in [0.29, 0.717) is 5.41 Å². The SMILES string of the molecule is ClCCC1(CNCc2ccc(Br)cc2)CC1. The van der Waals surface area contributed by atoms with E-state index in [2.05, 4.69) is 45.5 Å². The normalized spacial score (nSPS) is 17.4. The van der Waals surface area contributed by atoms with Gasteiger partial charge in [-0.2, -0.15) is 0 Å². The van der Waals surface area contributed by atoms with Gasteiger partial charge in [0.1, 0.15) is 0 Å². The summed E-state index contributed by atoms with van der Waals surface area (Å²) in [6, 6.07) is 8.47. The zero-order valence-electron chi connectivity index (χ0n) is 9.31. The Bertz CT molecular complexity index is 332. The fraction of sp³-hybridized carbons (Fsp3) is 0.538. The van der Waals surface area contributed by atoms with Crippen molar-refractivity contribution in [1.82, 2.24) is 5.32 Å². The highest BCUT2D eigenvalue weighted by atomic mass is 79.9. The summed E-state index contributed by atoms with van der Waals surface area (Å²) in [6.07, 6.45) is 3.84. The minimum Gasteiger partial charge on any atom is -0.312 e. The Hall–Kier alpha value is -0.0500. The van der Waals surface area contributed by atoms with E-state index < -0.39 is 0 Å². The second-order valence-corrected chi connectivity index (χ2v) is 5.96. The van der Waals surface area contributed by atoms with Gasteiger partial charge in [0, 0.05) is 23.4 Å². The minimum absolute atomic E-state index is 0.525. The van der Waals surface area contributed by atoms with Crippen LogP contribution in [0.15, 0.2) is 28.7 Å². The lowest BCUT2D eigenvalue weighted by atomic mass is 10.0. The van der Waals surface area contributed by atoms with Crippen molar-refractivity contribution in [3.63, 3.8) is 0 Å². The maximum absolute atomic E-state index is 5.81. The lowest BCUT2D eigenvalue weighted by molar-refractivity contribution is 0.445. The minimum atomic E-state index is 0.525. The maximum Gasteiger partial charge on any atom is 0.0229 e. The highest BCUT2D eigenvalue weighted by Crippen LogP contribution is 2.48.